The van der Waals surface area contributed by atoms with Crippen molar-refractivity contribution in [3.63, 3.8) is 0 Å². The minimum absolute atomic E-state index is 0.514. The lowest BCUT2D eigenvalue weighted by Gasteiger charge is -2.23. The van der Waals surface area contributed by atoms with Gasteiger partial charge in [-0.3, -0.25) is 0 Å². The highest BCUT2D eigenvalue weighted by Gasteiger charge is 2.23. The van der Waals surface area contributed by atoms with Crippen LogP contribution in [0.1, 0.15) is 51.9 Å². The van der Waals surface area contributed by atoms with Crippen molar-refractivity contribution in [3.8, 4) is 5.88 Å². The first-order valence-corrected chi connectivity index (χ1v) is 8.38. The minimum atomic E-state index is 0.514. The fourth-order valence-electron chi connectivity index (χ4n) is 3.03. The Balaban J connectivity index is 1.64. The largest absolute Gasteiger partial charge is 0.476 e. The number of nitrogens with zero attached hydrogens (tertiary/aromatic N) is 1. The van der Waals surface area contributed by atoms with Gasteiger partial charge in [-0.1, -0.05) is 26.2 Å². The number of anilines is 2. The second-order valence-electron chi connectivity index (χ2n) is 6.71. The lowest BCUT2D eigenvalue weighted by atomic mass is 9.97. The topological polar surface area (TPSA) is 60.2 Å². The summed E-state index contributed by atoms with van der Waals surface area (Å²) < 4.78 is 5.77. The summed E-state index contributed by atoms with van der Waals surface area (Å²) in [5, 5.41) is 3.59. The highest BCUT2D eigenvalue weighted by atomic mass is 16.5. The van der Waals surface area contributed by atoms with Gasteiger partial charge in [0.05, 0.1) is 12.3 Å². The van der Waals surface area contributed by atoms with Crippen LogP contribution in [0.2, 0.25) is 0 Å². The van der Waals surface area contributed by atoms with Crippen molar-refractivity contribution in [1.82, 2.24) is 4.98 Å². The van der Waals surface area contributed by atoms with E-state index < -0.39 is 0 Å². The molecule has 0 aliphatic heterocycles. The van der Waals surface area contributed by atoms with E-state index in [9.17, 15) is 0 Å². The number of aromatic nitrogens is 1. The molecule has 0 spiro atoms. The molecule has 0 bridgehead atoms. The fourth-order valence-corrected chi connectivity index (χ4v) is 3.03. The van der Waals surface area contributed by atoms with Gasteiger partial charge >= 0.3 is 0 Å². The van der Waals surface area contributed by atoms with Crippen LogP contribution in [0, 0.1) is 11.8 Å². The van der Waals surface area contributed by atoms with E-state index >= 15 is 0 Å². The van der Waals surface area contributed by atoms with Crippen LogP contribution in [-0.4, -0.2) is 17.6 Å². The number of nitrogen functional groups attached to an aromatic ring is 1. The van der Waals surface area contributed by atoms with Gasteiger partial charge in [0.1, 0.15) is 5.82 Å². The molecule has 3 rings (SSSR count). The van der Waals surface area contributed by atoms with Crippen LogP contribution < -0.4 is 15.8 Å². The number of ether oxygens (including phenoxy) is 1. The quantitative estimate of drug-likeness (QED) is 0.809. The number of rotatable bonds is 5. The normalized spacial score (nSPS) is 26.1. The lowest BCUT2D eigenvalue weighted by molar-refractivity contribution is 0.290. The summed E-state index contributed by atoms with van der Waals surface area (Å²) in [5.41, 5.74) is 6.60. The molecular weight excluding hydrogens is 262 g/mol. The van der Waals surface area contributed by atoms with Crippen molar-refractivity contribution >= 4 is 11.5 Å². The summed E-state index contributed by atoms with van der Waals surface area (Å²) in [7, 11) is 0. The predicted molar refractivity (Wildman–Crippen MR) is 86.5 cm³/mol. The Bertz CT molecular complexity index is 473. The Morgan fingerprint density at radius 3 is 2.81 bits per heavy atom. The van der Waals surface area contributed by atoms with Crippen LogP contribution in [-0.2, 0) is 0 Å². The summed E-state index contributed by atoms with van der Waals surface area (Å²) in [5.74, 6) is 2.90. The molecule has 116 valence electrons. The SMILES string of the molecule is CC1CCCCCC1Nc1ccc(N)c(OCC2CC2)n1. The van der Waals surface area contributed by atoms with Crippen LogP contribution in [0.5, 0.6) is 5.88 Å². The smallest absolute Gasteiger partial charge is 0.239 e. The number of nitrogens with two attached hydrogens (primary N) is 1. The summed E-state index contributed by atoms with van der Waals surface area (Å²) in [4.78, 5) is 4.57. The van der Waals surface area contributed by atoms with Crippen molar-refractivity contribution in [2.24, 2.45) is 11.8 Å². The molecule has 21 heavy (non-hydrogen) atoms. The van der Waals surface area contributed by atoms with Gasteiger partial charge < -0.3 is 15.8 Å². The van der Waals surface area contributed by atoms with Crippen molar-refractivity contribution < 1.29 is 4.74 Å². The summed E-state index contributed by atoms with van der Waals surface area (Å²) in [6.45, 7) is 3.09. The molecule has 2 aliphatic rings. The molecule has 2 fully saturated rings. The Morgan fingerprint density at radius 1 is 1.19 bits per heavy atom. The zero-order chi connectivity index (χ0) is 14.7. The maximum atomic E-state index is 5.97. The Hall–Kier alpha value is -1.45. The van der Waals surface area contributed by atoms with E-state index in [1.54, 1.807) is 0 Å². The first kappa shape index (κ1) is 14.5. The molecule has 0 aromatic carbocycles. The maximum absolute atomic E-state index is 5.97. The third kappa shape index (κ3) is 4.02. The molecule has 2 unspecified atom stereocenters. The van der Waals surface area contributed by atoms with E-state index in [0.29, 0.717) is 29.4 Å². The number of hydrogen-bond donors (Lipinski definition) is 2. The summed E-state index contributed by atoms with van der Waals surface area (Å²) in [6.07, 6.45) is 9.09. The average Bonchev–Trinajstić information content (AvgIpc) is 3.30. The second-order valence-corrected chi connectivity index (χ2v) is 6.71. The van der Waals surface area contributed by atoms with Crippen molar-refractivity contribution in [2.75, 3.05) is 17.7 Å². The van der Waals surface area contributed by atoms with Crippen molar-refractivity contribution in [1.29, 1.82) is 0 Å². The monoisotopic (exact) mass is 289 g/mol. The molecule has 2 saturated carbocycles. The van der Waals surface area contributed by atoms with Gasteiger partial charge in [0.2, 0.25) is 5.88 Å². The van der Waals surface area contributed by atoms with E-state index in [1.165, 1.54) is 44.9 Å². The van der Waals surface area contributed by atoms with E-state index in [1.807, 2.05) is 12.1 Å². The summed E-state index contributed by atoms with van der Waals surface area (Å²) >= 11 is 0. The highest BCUT2D eigenvalue weighted by Crippen LogP contribution is 2.31. The Kier molecular flexibility index (Phi) is 4.51. The standard InChI is InChI=1S/C17H27N3O/c1-12-5-3-2-4-6-15(12)19-16-10-9-14(18)17(20-16)21-11-13-7-8-13/h9-10,12-13,15H,2-8,11,18H2,1H3,(H,19,20). The maximum Gasteiger partial charge on any atom is 0.239 e. The first-order chi connectivity index (χ1) is 10.2. The van der Waals surface area contributed by atoms with Crippen molar-refractivity contribution in [3.05, 3.63) is 12.1 Å². The number of hydrogen-bond acceptors (Lipinski definition) is 4. The lowest BCUT2D eigenvalue weighted by Crippen LogP contribution is -2.26. The van der Waals surface area contributed by atoms with E-state index in [0.717, 1.165) is 12.4 Å². The van der Waals surface area contributed by atoms with Crippen LogP contribution in [0.3, 0.4) is 0 Å². The predicted octanol–water partition coefficient (Wildman–Crippen LogP) is 3.83. The average molecular weight is 289 g/mol. The van der Waals surface area contributed by atoms with Crippen molar-refractivity contribution in [2.45, 2.75) is 57.9 Å². The van der Waals surface area contributed by atoms with Gasteiger partial charge in [-0.2, -0.15) is 4.98 Å². The van der Waals surface area contributed by atoms with Crippen LogP contribution in [0.15, 0.2) is 12.1 Å². The van der Waals surface area contributed by atoms with Gasteiger partial charge in [0.25, 0.3) is 0 Å². The first-order valence-electron chi connectivity index (χ1n) is 8.38. The van der Waals surface area contributed by atoms with Crippen LogP contribution >= 0.6 is 0 Å². The fraction of sp³-hybridized carbons (Fsp3) is 0.706. The van der Waals surface area contributed by atoms with Gasteiger partial charge in [0.15, 0.2) is 0 Å². The van der Waals surface area contributed by atoms with Gasteiger partial charge in [-0.15, -0.1) is 0 Å². The molecule has 1 heterocycles. The third-order valence-corrected chi connectivity index (χ3v) is 4.74. The summed E-state index contributed by atoms with van der Waals surface area (Å²) in [6, 6.07) is 4.38. The molecule has 0 amide bonds. The number of nitrogens with one attached hydrogen (secondary N) is 1. The molecule has 1 aromatic heterocycles. The molecule has 4 heteroatoms. The molecule has 2 atom stereocenters. The minimum Gasteiger partial charge on any atom is -0.476 e. The molecule has 3 N–H and O–H groups in total. The molecule has 0 radical (unpaired) electrons. The molecule has 2 aliphatic carbocycles. The van der Waals surface area contributed by atoms with Gasteiger partial charge in [-0.25, -0.2) is 0 Å². The molecule has 0 saturated heterocycles. The molecular formula is C17H27N3O. The van der Waals surface area contributed by atoms with E-state index in [-0.39, 0.29) is 0 Å². The third-order valence-electron chi connectivity index (χ3n) is 4.74. The second kappa shape index (κ2) is 6.54. The van der Waals surface area contributed by atoms with E-state index in [4.69, 9.17) is 10.5 Å². The zero-order valence-corrected chi connectivity index (χ0v) is 13.0. The molecule has 1 aromatic rings. The zero-order valence-electron chi connectivity index (χ0n) is 13.0. The Morgan fingerprint density at radius 2 is 2.00 bits per heavy atom. The van der Waals surface area contributed by atoms with E-state index in [2.05, 4.69) is 17.2 Å². The van der Waals surface area contributed by atoms with Gasteiger partial charge in [0, 0.05) is 6.04 Å². The molecule has 4 nitrogen and oxygen atoms in total. The highest BCUT2D eigenvalue weighted by molar-refractivity contribution is 5.53. The van der Waals surface area contributed by atoms with Crippen LogP contribution in [0.25, 0.3) is 0 Å². The Labute approximate surface area is 127 Å². The number of pyridine rings is 1. The van der Waals surface area contributed by atoms with Crippen LogP contribution in [0.4, 0.5) is 11.5 Å². The van der Waals surface area contributed by atoms with Gasteiger partial charge in [-0.05, 0) is 49.7 Å².